The highest BCUT2D eigenvalue weighted by Gasteiger charge is 2.06. The van der Waals surface area contributed by atoms with Gasteiger partial charge < -0.3 is 4.90 Å². The molecule has 1 nitrogen and oxygen atoms in total. The first-order valence-electron chi connectivity index (χ1n) is 9.87. The van der Waals surface area contributed by atoms with Gasteiger partial charge >= 0.3 is 0 Å². The summed E-state index contributed by atoms with van der Waals surface area (Å²) in [5.74, 6) is 2.07. The van der Waals surface area contributed by atoms with Crippen molar-refractivity contribution in [2.24, 2.45) is 11.8 Å². The number of rotatable bonds is 0. The van der Waals surface area contributed by atoms with Crippen LogP contribution in [-0.2, 0) is 0 Å². The zero-order chi connectivity index (χ0) is 15.3. The van der Waals surface area contributed by atoms with Crippen LogP contribution in [0.3, 0.4) is 0 Å². The van der Waals surface area contributed by atoms with E-state index in [-0.39, 0.29) is 0 Å². The average molecular weight is 296 g/mol. The third-order valence-electron chi connectivity index (χ3n) is 5.37. The van der Waals surface area contributed by atoms with Gasteiger partial charge in [0.25, 0.3) is 0 Å². The maximum Gasteiger partial charge on any atom is -0.00218 e. The van der Waals surface area contributed by atoms with E-state index in [4.69, 9.17) is 0 Å². The molecule has 3 aliphatic rings. The fraction of sp³-hybridized carbons (Fsp3) is 1.00. The minimum absolute atomic E-state index is 1.04. The first kappa shape index (κ1) is 19.0. The molecule has 0 aromatic carbocycles. The zero-order valence-corrected chi connectivity index (χ0v) is 15.2. The highest BCUT2D eigenvalue weighted by molar-refractivity contribution is 4.60. The number of likely N-dealkylation sites (tertiary alicyclic amines) is 1. The molecular formula is C20H41N. The van der Waals surface area contributed by atoms with Gasteiger partial charge in [-0.1, -0.05) is 84.5 Å². The van der Waals surface area contributed by atoms with Crippen molar-refractivity contribution in [1.82, 2.24) is 4.90 Å². The van der Waals surface area contributed by atoms with E-state index in [9.17, 15) is 0 Å². The molecule has 0 unspecified atom stereocenters. The van der Waals surface area contributed by atoms with Gasteiger partial charge in [-0.25, -0.2) is 0 Å². The van der Waals surface area contributed by atoms with Crippen molar-refractivity contribution in [2.45, 2.75) is 97.3 Å². The summed E-state index contributed by atoms with van der Waals surface area (Å²) in [6.45, 7) is 7.36. The van der Waals surface area contributed by atoms with Gasteiger partial charge in [0, 0.05) is 0 Å². The SMILES string of the molecule is CC1CCCCC1.CC1CCCCC1.CN1CCCCC1. The number of hydrogen-bond acceptors (Lipinski definition) is 1. The number of hydrogen-bond donors (Lipinski definition) is 0. The van der Waals surface area contributed by atoms with Crippen molar-refractivity contribution in [3.8, 4) is 0 Å². The van der Waals surface area contributed by atoms with Crippen LogP contribution in [0.4, 0.5) is 0 Å². The minimum atomic E-state index is 1.04. The average Bonchev–Trinajstić information content (AvgIpc) is 2.51. The van der Waals surface area contributed by atoms with E-state index in [1.165, 1.54) is 96.6 Å². The Labute approximate surface area is 134 Å². The number of nitrogens with zero attached hydrogens (tertiary/aromatic N) is 1. The summed E-state index contributed by atoms with van der Waals surface area (Å²) in [6.07, 6.45) is 19.1. The summed E-state index contributed by atoms with van der Waals surface area (Å²) < 4.78 is 0. The van der Waals surface area contributed by atoms with Crippen molar-refractivity contribution in [3.63, 3.8) is 0 Å². The molecule has 3 rings (SSSR count). The lowest BCUT2D eigenvalue weighted by Crippen LogP contribution is -2.24. The second-order valence-corrected chi connectivity index (χ2v) is 7.85. The fourth-order valence-corrected chi connectivity index (χ4v) is 3.67. The molecular weight excluding hydrogens is 254 g/mol. The summed E-state index contributed by atoms with van der Waals surface area (Å²) in [5, 5.41) is 0. The minimum Gasteiger partial charge on any atom is -0.306 e. The van der Waals surface area contributed by atoms with E-state index >= 15 is 0 Å². The predicted octanol–water partition coefficient (Wildman–Crippen LogP) is 6.28. The quantitative estimate of drug-likeness (QED) is 0.508. The van der Waals surface area contributed by atoms with E-state index in [2.05, 4.69) is 25.8 Å². The van der Waals surface area contributed by atoms with E-state index in [1.54, 1.807) is 0 Å². The largest absolute Gasteiger partial charge is 0.306 e. The second kappa shape index (κ2) is 12.5. The van der Waals surface area contributed by atoms with Crippen molar-refractivity contribution in [1.29, 1.82) is 0 Å². The molecule has 3 fully saturated rings. The molecule has 0 aromatic heterocycles. The van der Waals surface area contributed by atoms with E-state index < -0.39 is 0 Å². The molecule has 0 radical (unpaired) electrons. The maximum atomic E-state index is 2.39. The van der Waals surface area contributed by atoms with Gasteiger partial charge in [-0.2, -0.15) is 0 Å². The van der Waals surface area contributed by atoms with Crippen molar-refractivity contribution in [2.75, 3.05) is 20.1 Å². The Kier molecular flexibility index (Phi) is 11.3. The van der Waals surface area contributed by atoms with Crippen molar-refractivity contribution >= 4 is 0 Å². The molecule has 0 atom stereocenters. The van der Waals surface area contributed by atoms with Gasteiger partial charge in [-0.3, -0.25) is 0 Å². The van der Waals surface area contributed by atoms with Crippen molar-refractivity contribution < 1.29 is 0 Å². The van der Waals surface area contributed by atoms with Crippen LogP contribution in [0.15, 0.2) is 0 Å². The van der Waals surface area contributed by atoms with Crippen LogP contribution >= 0.6 is 0 Å². The first-order valence-corrected chi connectivity index (χ1v) is 9.87. The number of piperidine rings is 1. The molecule has 0 spiro atoms. The molecule has 1 heterocycles. The molecule has 0 aromatic rings. The normalized spacial score (nSPS) is 25.3. The first-order chi connectivity index (χ1) is 10.2. The Morgan fingerprint density at radius 1 is 0.524 bits per heavy atom. The van der Waals surface area contributed by atoms with Gasteiger partial charge in [0.1, 0.15) is 0 Å². The Morgan fingerprint density at radius 2 is 0.857 bits per heavy atom. The van der Waals surface area contributed by atoms with Gasteiger partial charge in [0.2, 0.25) is 0 Å². The van der Waals surface area contributed by atoms with Crippen LogP contribution in [0.1, 0.15) is 97.3 Å². The molecule has 2 aliphatic carbocycles. The van der Waals surface area contributed by atoms with Gasteiger partial charge in [-0.15, -0.1) is 0 Å². The molecule has 126 valence electrons. The fourth-order valence-electron chi connectivity index (χ4n) is 3.67. The predicted molar refractivity (Wildman–Crippen MR) is 95.8 cm³/mol. The second-order valence-electron chi connectivity index (χ2n) is 7.85. The van der Waals surface area contributed by atoms with Crippen LogP contribution in [0.25, 0.3) is 0 Å². The summed E-state index contributed by atoms with van der Waals surface area (Å²) in [7, 11) is 2.19. The van der Waals surface area contributed by atoms with E-state index in [1.807, 2.05) is 0 Å². The molecule has 0 bridgehead atoms. The Bertz CT molecular complexity index is 170. The van der Waals surface area contributed by atoms with Crippen LogP contribution in [-0.4, -0.2) is 25.0 Å². The summed E-state index contributed by atoms with van der Waals surface area (Å²) in [4.78, 5) is 2.39. The van der Waals surface area contributed by atoms with E-state index in [0.717, 1.165) is 11.8 Å². The Hall–Kier alpha value is -0.0400. The maximum absolute atomic E-state index is 2.39. The van der Waals surface area contributed by atoms with Crippen LogP contribution < -0.4 is 0 Å². The molecule has 21 heavy (non-hydrogen) atoms. The monoisotopic (exact) mass is 295 g/mol. The lowest BCUT2D eigenvalue weighted by atomic mass is 9.91. The topological polar surface area (TPSA) is 3.24 Å². The molecule has 1 aliphatic heterocycles. The van der Waals surface area contributed by atoms with Gasteiger partial charge in [0.15, 0.2) is 0 Å². The molecule has 0 amide bonds. The van der Waals surface area contributed by atoms with Gasteiger partial charge in [0.05, 0.1) is 0 Å². The highest BCUT2D eigenvalue weighted by atomic mass is 15.1. The third-order valence-corrected chi connectivity index (χ3v) is 5.37. The third kappa shape index (κ3) is 11.2. The highest BCUT2D eigenvalue weighted by Crippen LogP contribution is 2.22. The van der Waals surface area contributed by atoms with Crippen LogP contribution in [0.2, 0.25) is 0 Å². The molecule has 2 saturated carbocycles. The molecule has 1 saturated heterocycles. The standard InChI is InChI=1S/2C7H14.C6H13N/c3*1-7-5-3-2-4-6-7/h2*7H,2-6H2,1H3;2-6H2,1H3. The van der Waals surface area contributed by atoms with Crippen LogP contribution in [0.5, 0.6) is 0 Å². The lowest BCUT2D eigenvalue weighted by Gasteiger charge is -2.20. The summed E-state index contributed by atoms with van der Waals surface area (Å²) >= 11 is 0. The van der Waals surface area contributed by atoms with Gasteiger partial charge in [-0.05, 0) is 44.8 Å². The molecule has 1 heteroatoms. The molecule has 0 N–H and O–H groups in total. The Balaban J connectivity index is 0.000000157. The summed E-state index contributed by atoms with van der Waals surface area (Å²) in [5.41, 5.74) is 0. The van der Waals surface area contributed by atoms with Crippen LogP contribution in [0, 0.1) is 11.8 Å². The van der Waals surface area contributed by atoms with E-state index in [0.29, 0.717) is 0 Å². The summed E-state index contributed by atoms with van der Waals surface area (Å²) in [6, 6.07) is 0. The smallest absolute Gasteiger partial charge is 0.00218 e. The zero-order valence-electron chi connectivity index (χ0n) is 15.2. The lowest BCUT2D eigenvalue weighted by molar-refractivity contribution is 0.277. The Morgan fingerprint density at radius 3 is 1.05 bits per heavy atom. The van der Waals surface area contributed by atoms with Crippen molar-refractivity contribution in [3.05, 3.63) is 0 Å².